The van der Waals surface area contributed by atoms with Gasteiger partial charge in [0, 0.05) is 29.3 Å². The number of anilines is 1. The van der Waals surface area contributed by atoms with Gasteiger partial charge in [0.2, 0.25) is 11.8 Å². The normalized spacial score (nSPS) is 12.7. The van der Waals surface area contributed by atoms with Crippen LogP contribution in [0.4, 0.5) is 5.69 Å². The highest BCUT2D eigenvalue weighted by atomic mass is 16.4. The Morgan fingerprint density at radius 2 is 1.65 bits per heavy atom. The molecule has 132 valence electrons. The van der Waals surface area contributed by atoms with Gasteiger partial charge >= 0.3 is 5.97 Å². The minimum absolute atomic E-state index is 0.117. The Kier molecular flexibility index (Phi) is 4.53. The summed E-state index contributed by atoms with van der Waals surface area (Å²) in [7, 11) is 0. The SMILES string of the molecule is CC(=O)N[C@H](CC(=O)Nc1cccc2c1-c1ccccc1C2=O)C(=O)O. The van der Waals surface area contributed by atoms with Crippen LogP contribution in [0.1, 0.15) is 29.3 Å². The van der Waals surface area contributed by atoms with Crippen molar-refractivity contribution in [2.24, 2.45) is 0 Å². The molecule has 3 rings (SSSR count). The lowest BCUT2D eigenvalue weighted by molar-refractivity contribution is -0.142. The van der Waals surface area contributed by atoms with E-state index in [1.807, 2.05) is 0 Å². The highest BCUT2D eigenvalue weighted by Crippen LogP contribution is 2.41. The molecule has 7 nitrogen and oxygen atoms in total. The van der Waals surface area contributed by atoms with Gasteiger partial charge in [-0.3, -0.25) is 14.4 Å². The first-order chi connectivity index (χ1) is 12.4. The van der Waals surface area contributed by atoms with E-state index in [-0.39, 0.29) is 5.78 Å². The molecule has 0 saturated carbocycles. The van der Waals surface area contributed by atoms with Crippen LogP contribution in [-0.4, -0.2) is 34.7 Å². The van der Waals surface area contributed by atoms with Crippen LogP contribution in [0.2, 0.25) is 0 Å². The highest BCUT2D eigenvalue weighted by Gasteiger charge is 2.29. The molecule has 2 aromatic rings. The standard InChI is InChI=1S/C19H16N2O5/c1-10(22)20-15(19(25)26)9-16(23)21-14-8-4-7-13-17(14)11-5-2-3-6-12(11)18(13)24/h2-8,15H,9H2,1H3,(H,20,22)(H,21,23)(H,25,26)/t15-/m1/s1. The number of aliphatic carboxylic acids is 1. The van der Waals surface area contributed by atoms with Gasteiger partial charge in [0.05, 0.1) is 6.42 Å². The summed E-state index contributed by atoms with van der Waals surface area (Å²) in [6.07, 6.45) is -0.422. The predicted molar refractivity (Wildman–Crippen MR) is 93.8 cm³/mol. The zero-order valence-electron chi connectivity index (χ0n) is 13.9. The Morgan fingerprint density at radius 1 is 1.00 bits per heavy atom. The number of hydrogen-bond acceptors (Lipinski definition) is 4. The van der Waals surface area contributed by atoms with Crippen LogP contribution < -0.4 is 10.6 Å². The first kappa shape index (κ1) is 17.3. The highest BCUT2D eigenvalue weighted by molar-refractivity contribution is 6.24. The summed E-state index contributed by atoms with van der Waals surface area (Å²) in [5.74, 6) is -2.52. The van der Waals surface area contributed by atoms with Crippen LogP contribution >= 0.6 is 0 Å². The lowest BCUT2D eigenvalue weighted by Crippen LogP contribution is -2.42. The number of carboxylic acids is 1. The summed E-state index contributed by atoms with van der Waals surface area (Å²) >= 11 is 0. The molecule has 0 heterocycles. The molecule has 26 heavy (non-hydrogen) atoms. The summed E-state index contributed by atoms with van der Waals surface area (Å²) in [6.45, 7) is 1.18. The third-order valence-corrected chi connectivity index (χ3v) is 4.09. The van der Waals surface area contributed by atoms with Gasteiger partial charge in [0.1, 0.15) is 6.04 Å². The number of carbonyl (C=O) groups excluding carboxylic acids is 3. The number of amides is 2. The zero-order chi connectivity index (χ0) is 18.8. The van der Waals surface area contributed by atoms with Crippen molar-refractivity contribution in [1.29, 1.82) is 0 Å². The summed E-state index contributed by atoms with van der Waals surface area (Å²) in [5, 5.41) is 14.0. The number of fused-ring (bicyclic) bond motifs is 3. The van der Waals surface area contributed by atoms with Crippen LogP contribution in [0, 0.1) is 0 Å². The number of rotatable bonds is 5. The Hall–Kier alpha value is -3.48. The average molecular weight is 352 g/mol. The molecular weight excluding hydrogens is 336 g/mol. The van der Waals surface area contributed by atoms with Crippen LogP contribution in [0.5, 0.6) is 0 Å². The molecule has 0 aromatic heterocycles. The fourth-order valence-corrected chi connectivity index (χ4v) is 3.01. The maximum atomic E-state index is 12.5. The molecule has 3 N–H and O–H groups in total. The molecule has 0 unspecified atom stereocenters. The monoisotopic (exact) mass is 352 g/mol. The molecular formula is C19H16N2O5. The Bertz CT molecular complexity index is 935. The summed E-state index contributed by atoms with van der Waals surface area (Å²) in [4.78, 5) is 47.0. The Labute approximate surface area is 149 Å². The average Bonchev–Trinajstić information content (AvgIpc) is 2.88. The van der Waals surface area contributed by atoms with E-state index >= 15 is 0 Å². The maximum Gasteiger partial charge on any atom is 0.326 e. The number of benzene rings is 2. The van der Waals surface area contributed by atoms with E-state index in [9.17, 15) is 19.2 Å². The summed E-state index contributed by atoms with van der Waals surface area (Å²) < 4.78 is 0. The second-order valence-corrected chi connectivity index (χ2v) is 5.95. The molecule has 0 spiro atoms. The van der Waals surface area contributed by atoms with E-state index in [0.717, 1.165) is 5.56 Å². The van der Waals surface area contributed by atoms with Crippen molar-refractivity contribution in [3.8, 4) is 11.1 Å². The van der Waals surface area contributed by atoms with E-state index in [2.05, 4.69) is 10.6 Å². The molecule has 2 aromatic carbocycles. The van der Waals surface area contributed by atoms with Crippen molar-refractivity contribution in [1.82, 2.24) is 5.32 Å². The molecule has 1 aliphatic rings. The summed E-state index contributed by atoms with van der Waals surface area (Å²) in [6, 6.07) is 10.8. The van der Waals surface area contributed by atoms with Gasteiger partial charge in [-0.1, -0.05) is 36.4 Å². The van der Waals surface area contributed by atoms with Crippen molar-refractivity contribution < 1.29 is 24.3 Å². The number of ketones is 1. The molecule has 1 atom stereocenters. The molecule has 0 radical (unpaired) electrons. The Morgan fingerprint density at radius 3 is 2.31 bits per heavy atom. The van der Waals surface area contributed by atoms with Crippen LogP contribution in [-0.2, 0) is 14.4 Å². The molecule has 1 aliphatic carbocycles. The van der Waals surface area contributed by atoms with Gasteiger partial charge in [-0.15, -0.1) is 0 Å². The minimum atomic E-state index is -1.32. The first-order valence-electron chi connectivity index (χ1n) is 7.95. The fraction of sp³-hybridized carbons (Fsp3) is 0.158. The van der Waals surface area contributed by atoms with Gasteiger partial charge in [-0.25, -0.2) is 4.79 Å². The summed E-state index contributed by atoms with van der Waals surface area (Å²) in [5.41, 5.74) is 2.82. The van der Waals surface area contributed by atoms with Gasteiger partial charge in [0.15, 0.2) is 5.78 Å². The topological polar surface area (TPSA) is 113 Å². The largest absolute Gasteiger partial charge is 0.480 e. The van der Waals surface area contributed by atoms with E-state index in [4.69, 9.17) is 5.11 Å². The van der Waals surface area contributed by atoms with Crippen molar-refractivity contribution in [2.45, 2.75) is 19.4 Å². The zero-order valence-corrected chi connectivity index (χ0v) is 13.9. The van der Waals surface area contributed by atoms with E-state index < -0.39 is 30.2 Å². The lowest BCUT2D eigenvalue weighted by Gasteiger charge is -2.15. The molecule has 7 heteroatoms. The fourth-order valence-electron chi connectivity index (χ4n) is 3.01. The number of carbonyl (C=O) groups is 4. The molecule has 0 fully saturated rings. The van der Waals surface area contributed by atoms with Crippen molar-refractivity contribution in [2.75, 3.05) is 5.32 Å². The van der Waals surface area contributed by atoms with Crippen LogP contribution in [0.15, 0.2) is 42.5 Å². The minimum Gasteiger partial charge on any atom is -0.480 e. The van der Waals surface area contributed by atoms with Crippen molar-refractivity contribution >= 4 is 29.3 Å². The van der Waals surface area contributed by atoms with Gasteiger partial charge in [-0.05, 0) is 11.6 Å². The molecule has 0 aliphatic heterocycles. The second-order valence-electron chi connectivity index (χ2n) is 5.95. The van der Waals surface area contributed by atoms with Crippen LogP contribution in [0.3, 0.4) is 0 Å². The number of carboxylic acid groups (broad SMARTS) is 1. The van der Waals surface area contributed by atoms with Crippen molar-refractivity contribution in [3.63, 3.8) is 0 Å². The third kappa shape index (κ3) is 3.19. The predicted octanol–water partition coefficient (Wildman–Crippen LogP) is 1.82. The number of hydrogen-bond donors (Lipinski definition) is 3. The van der Waals surface area contributed by atoms with E-state index in [1.54, 1.807) is 42.5 Å². The maximum absolute atomic E-state index is 12.5. The van der Waals surface area contributed by atoms with Gasteiger partial charge in [-0.2, -0.15) is 0 Å². The van der Waals surface area contributed by atoms with E-state index in [1.165, 1.54) is 6.92 Å². The van der Waals surface area contributed by atoms with Crippen molar-refractivity contribution in [3.05, 3.63) is 53.6 Å². The Balaban J connectivity index is 1.87. The number of nitrogens with one attached hydrogen (secondary N) is 2. The smallest absolute Gasteiger partial charge is 0.326 e. The van der Waals surface area contributed by atoms with Gasteiger partial charge in [0.25, 0.3) is 0 Å². The van der Waals surface area contributed by atoms with Gasteiger partial charge < -0.3 is 15.7 Å². The first-order valence-corrected chi connectivity index (χ1v) is 7.95. The quantitative estimate of drug-likeness (QED) is 0.648. The molecule has 0 bridgehead atoms. The third-order valence-electron chi connectivity index (χ3n) is 4.09. The molecule has 2 amide bonds. The lowest BCUT2D eigenvalue weighted by atomic mass is 10.0. The van der Waals surface area contributed by atoms with Crippen LogP contribution in [0.25, 0.3) is 11.1 Å². The van der Waals surface area contributed by atoms with E-state index in [0.29, 0.717) is 22.4 Å². The second kappa shape index (κ2) is 6.79. The molecule has 0 saturated heterocycles.